The van der Waals surface area contributed by atoms with Crippen molar-refractivity contribution < 1.29 is 0 Å². The van der Waals surface area contributed by atoms with Gasteiger partial charge in [0.25, 0.3) is 0 Å². The van der Waals surface area contributed by atoms with Gasteiger partial charge in [-0.05, 0) is 19.0 Å². The summed E-state index contributed by atoms with van der Waals surface area (Å²) in [6.45, 7) is 5.07. The van der Waals surface area contributed by atoms with E-state index in [1.165, 1.54) is 0 Å². The SMILES string of the molecule is CCNC(Cc1c(Cl)c(CC)nn1C)c1ccnn1C. The van der Waals surface area contributed by atoms with Crippen molar-refractivity contribution in [1.82, 2.24) is 24.9 Å². The quantitative estimate of drug-likeness (QED) is 0.889. The molecule has 0 aliphatic rings. The average molecular weight is 296 g/mol. The van der Waals surface area contributed by atoms with Crippen LogP contribution in [0.1, 0.15) is 37.0 Å². The zero-order chi connectivity index (χ0) is 14.7. The maximum absolute atomic E-state index is 6.44. The molecule has 2 rings (SSSR count). The first-order valence-corrected chi connectivity index (χ1v) is 7.37. The molecule has 110 valence electrons. The Kier molecular flexibility index (Phi) is 4.83. The first-order chi connectivity index (χ1) is 9.58. The summed E-state index contributed by atoms with van der Waals surface area (Å²) >= 11 is 6.44. The molecule has 0 spiro atoms. The highest BCUT2D eigenvalue weighted by Gasteiger charge is 2.20. The summed E-state index contributed by atoms with van der Waals surface area (Å²) < 4.78 is 3.79. The topological polar surface area (TPSA) is 47.7 Å². The lowest BCUT2D eigenvalue weighted by atomic mass is 10.1. The minimum atomic E-state index is 0.185. The van der Waals surface area contributed by atoms with E-state index < -0.39 is 0 Å². The Bertz CT molecular complexity index is 572. The minimum Gasteiger partial charge on any atom is -0.309 e. The Hall–Kier alpha value is -1.33. The zero-order valence-corrected chi connectivity index (χ0v) is 13.3. The molecule has 0 amide bonds. The van der Waals surface area contributed by atoms with Crippen LogP contribution < -0.4 is 5.32 Å². The van der Waals surface area contributed by atoms with Crippen LogP contribution in [0.25, 0.3) is 0 Å². The van der Waals surface area contributed by atoms with E-state index in [0.717, 1.165) is 41.5 Å². The highest BCUT2D eigenvalue weighted by Crippen LogP contribution is 2.26. The van der Waals surface area contributed by atoms with Crippen molar-refractivity contribution in [3.8, 4) is 0 Å². The van der Waals surface area contributed by atoms with Crippen LogP contribution in [0.5, 0.6) is 0 Å². The van der Waals surface area contributed by atoms with Crippen LogP contribution >= 0.6 is 11.6 Å². The molecule has 1 N–H and O–H groups in total. The monoisotopic (exact) mass is 295 g/mol. The molecular formula is C14H22ClN5. The van der Waals surface area contributed by atoms with Gasteiger partial charge in [0.15, 0.2) is 0 Å². The van der Waals surface area contributed by atoms with Gasteiger partial charge in [0.2, 0.25) is 0 Å². The van der Waals surface area contributed by atoms with E-state index in [4.69, 9.17) is 11.6 Å². The molecule has 2 aromatic heterocycles. The number of rotatable bonds is 6. The number of aryl methyl sites for hydroxylation is 3. The maximum Gasteiger partial charge on any atom is 0.0850 e. The van der Waals surface area contributed by atoms with E-state index >= 15 is 0 Å². The largest absolute Gasteiger partial charge is 0.309 e. The van der Waals surface area contributed by atoms with Crippen LogP contribution in [0.4, 0.5) is 0 Å². The minimum absolute atomic E-state index is 0.185. The maximum atomic E-state index is 6.44. The van der Waals surface area contributed by atoms with E-state index in [2.05, 4.69) is 29.4 Å². The Balaban J connectivity index is 2.29. The first-order valence-electron chi connectivity index (χ1n) is 6.99. The number of halogens is 1. The molecule has 1 unspecified atom stereocenters. The van der Waals surface area contributed by atoms with Crippen LogP contribution in [0.2, 0.25) is 5.02 Å². The molecular weight excluding hydrogens is 274 g/mol. The van der Waals surface area contributed by atoms with Gasteiger partial charge < -0.3 is 5.32 Å². The summed E-state index contributed by atoms with van der Waals surface area (Å²) in [7, 11) is 3.91. The summed E-state index contributed by atoms with van der Waals surface area (Å²) in [6.07, 6.45) is 3.47. The fourth-order valence-electron chi connectivity index (χ4n) is 2.49. The molecule has 0 radical (unpaired) electrons. The molecule has 0 aliphatic carbocycles. The smallest absolute Gasteiger partial charge is 0.0850 e. The Morgan fingerprint density at radius 2 is 2.05 bits per heavy atom. The van der Waals surface area contributed by atoms with Gasteiger partial charge in [-0.2, -0.15) is 10.2 Å². The summed E-state index contributed by atoms with van der Waals surface area (Å²) in [5.41, 5.74) is 3.18. The van der Waals surface area contributed by atoms with Crippen LogP contribution in [-0.2, 0) is 26.9 Å². The van der Waals surface area contributed by atoms with Gasteiger partial charge in [-0.3, -0.25) is 9.36 Å². The standard InChI is InChI=1S/C14H22ClN5/c1-5-10-14(15)13(20(4)18-10)9-11(16-6-2)12-7-8-17-19(12)3/h7-8,11,16H,5-6,9H2,1-4H3. The molecule has 0 fully saturated rings. The molecule has 0 aromatic carbocycles. The third kappa shape index (κ3) is 2.88. The van der Waals surface area contributed by atoms with E-state index in [-0.39, 0.29) is 6.04 Å². The zero-order valence-electron chi connectivity index (χ0n) is 12.5. The first kappa shape index (κ1) is 15.1. The number of likely N-dealkylation sites (N-methyl/N-ethyl adjacent to an activating group) is 1. The molecule has 0 bridgehead atoms. The summed E-state index contributed by atoms with van der Waals surface area (Å²) in [5.74, 6) is 0. The highest BCUT2D eigenvalue weighted by atomic mass is 35.5. The third-order valence-electron chi connectivity index (χ3n) is 3.57. The summed E-state index contributed by atoms with van der Waals surface area (Å²) in [5, 5.41) is 13.0. The number of nitrogens with one attached hydrogen (secondary N) is 1. The predicted molar refractivity (Wildman–Crippen MR) is 80.9 cm³/mol. The fraction of sp³-hybridized carbons (Fsp3) is 0.571. The van der Waals surface area contributed by atoms with Gasteiger partial charge in [-0.25, -0.2) is 0 Å². The van der Waals surface area contributed by atoms with E-state index in [9.17, 15) is 0 Å². The van der Waals surface area contributed by atoms with Gasteiger partial charge in [0.05, 0.1) is 28.1 Å². The van der Waals surface area contributed by atoms with E-state index in [0.29, 0.717) is 0 Å². The summed E-state index contributed by atoms with van der Waals surface area (Å²) in [4.78, 5) is 0. The molecule has 0 saturated carbocycles. The van der Waals surface area contributed by atoms with Crippen LogP contribution in [0, 0.1) is 0 Å². The van der Waals surface area contributed by atoms with Crippen LogP contribution in [0.3, 0.4) is 0 Å². The number of hydrogen-bond acceptors (Lipinski definition) is 3. The van der Waals surface area contributed by atoms with Crippen molar-refractivity contribution in [2.45, 2.75) is 32.7 Å². The van der Waals surface area contributed by atoms with Crippen molar-refractivity contribution in [2.75, 3.05) is 6.54 Å². The summed E-state index contributed by atoms with van der Waals surface area (Å²) in [6, 6.07) is 2.23. The lowest BCUT2D eigenvalue weighted by Gasteiger charge is -2.18. The van der Waals surface area contributed by atoms with Crippen molar-refractivity contribution in [2.24, 2.45) is 14.1 Å². The van der Waals surface area contributed by atoms with E-state index in [1.54, 1.807) is 0 Å². The number of nitrogens with zero attached hydrogens (tertiary/aromatic N) is 4. The van der Waals surface area contributed by atoms with Crippen LogP contribution in [-0.4, -0.2) is 26.1 Å². The Labute approximate surface area is 124 Å². The third-order valence-corrected chi connectivity index (χ3v) is 4.00. The average Bonchev–Trinajstić information content (AvgIpc) is 2.96. The fourth-order valence-corrected chi connectivity index (χ4v) is 2.86. The second-order valence-electron chi connectivity index (χ2n) is 4.88. The molecule has 0 aliphatic heterocycles. The molecule has 2 aromatic rings. The number of hydrogen-bond donors (Lipinski definition) is 1. The molecule has 1 atom stereocenters. The second-order valence-corrected chi connectivity index (χ2v) is 5.26. The van der Waals surface area contributed by atoms with Crippen LogP contribution in [0.15, 0.2) is 12.3 Å². The second kappa shape index (κ2) is 6.41. The number of aromatic nitrogens is 4. The lowest BCUT2D eigenvalue weighted by Crippen LogP contribution is -2.26. The van der Waals surface area contributed by atoms with Gasteiger partial charge in [0.1, 0.15) is 0 Å². The molecule has 20 heavy (non-hydrogen) atoms. The predicted octanol–water partition coefficient (Wildman–Crippen LogP) is 2.26. The van der Waals surface area contributed by atoms with E-state index in [1.807, 2.05) is 35.7 Å². The lowest BCUT2D eigenvalue weighted by molar-refractivity contribution is 0.493. The molecule has 2 heterocycles. The Morgan fingerprint density at radius 1 is 1.30 bits per heavy atom. The van der Waals surface area contributed by atoms with Gasteiger partial charge in [-0.15, -0.1) is 0 Å². The van der Waals surface area contributed by atoms with Crippen molar-refractivity contribution in [3.05, 3.63) is 34.4 Å². The van der Waals surface area contributed by atoms with Crippen molar-refractivity contribution in [3.63, 3.8) is 0 Å². The van der Waals surface area contributed by atoms with Gasteiger partial charge in [0, 0.05) is 26.7 Å². The van der Waals surface area contributed by atoms with Crippen molar-refractivity contribution in [1.29, 1.82) is 0 Å². The molecule has 5 nitrogen and oxygen atoms in total. The van der Waals surface area contributed by atoms with Gasteiger partial charge in [-0.1, -0.05) is 25.4 Å². The van der Waals surface area contributed by atoms with Crippen molar-refractivity contribution >= 4 is 11.6 Å². The normalized spacial score (nSPS) is 12.8. The molecule has 0 saturated heterocycles. The highest BCUT2D eigenvalue weighted by molar-refractivity contribution is 6.31. The Morgan fingerprint density at radius 3 is 2.55 bits per heavy atom. The van der Waals surface area contributed by atoms with Gasteiger partial charge >= 0.3 is 0 Å². The molecule has 6 heteroatoms.